The normalized spacial score (nSPS) is 35.5. The van der Waals surface area contributed by atoms with Gasteiger partial charge in [0.05, 0.1) is 13.2 Å². The first-order chi connectivity index (χ1) is 11.4. The first-order valence-electron chi connectivity index (χ1n) is 7.95. The monoisotopic (exact) mass is 402 g/mol. The summed E-state index contributed by atoms with van der Waals surface area (Å²) in [5, 5.41) is 21.1. The van der Waals surface area contributed by atoms with Gasteiger partial charge >= 0.3 is 0 Å². The number of ether oxygens (including phenoxy) is 4. The van der Waals surface area contributed by atoms with Crippen molar-refractivity contribution >= 4 is 15.9 Å². The molecule has 24 heavy (non-hydrogen) atoms. The molecule has 0 aromatic heterocycles. The van der Waals surface area contributed by atoms with Crippen molar-refractivity contribution in [1.82, 2.24) is 0 Å². The van der Waals surface area contributed by atoms with Crippen molar-refractivity contribution in [2.45, 2.75) is 55.7 Å². The van der Waals surface area contributed by atoms with E-state index in [2.05, 4.69) is 15.9 Å². The molecular formula is C17H23BrO6. The quantitative estimate of drug-likeness (QED) is 0.746. The molecule has 1 aromatic rings. The lowest BCUT2D eigenvalue weighted by atomic mass is 9.97. The second-order valence-electron chi connectivity index (χ2n) is 6.61. The highest BCUT2D eigenvalue weighted by Crippen LogP contribution is 2.40. The molecule has 2 heterocycles. The van der Waals surface area contributed by atoms with Crippen LogP contribution in [0.3, 0.4) is 0 Å². The molecule has 1 spiro atoms. The second-order valence-corrected chi connectivity index (χ2v) is 7.17. The number of rotatable bonds is 4. The average molecular weight is 403 g/mol. The zero-order valence-corrected chi connectivity index (χ0v) is 15.4. The van der Waals surface area contributed by atoms with Crippen LogP contribution in [0, 0.1) is 0 Å². The molecule has 2 fully saturated rings. The summed E-state index contributed by atoms with van der Waals surface area (Å²) < 4.78 is 23.2. The van der Waals surface area contributed by atoms with E-state index in [0.29, 0.717) is 5.33 Å². The van der Waals surface area contributed by atoms with Crippen LogP contribution in [0.2, 0.25) is 0 Å². The lowest BCUT2D eigenvalue weighted by Gasteiger charge is -2.44. The maximum Gasteiger partial charge on any atom is 0.224 e. The lowest BCUT2D eigenvalue weighted by molar-refractivity contribution is -0.347. The third-order valence-corrected chi connectivity index (χ3v) is 4.96. The Labute approximate surface area is 149 Å². The maximum atomic E-state index is 10.4. The number of alkyl halides is 1. The number of halogens is 1. The highest BCUT2D eigenvalue weighted by Gasteiger charge is 2.58. The second kappa shape index (κ2) is 6.99. The fourth-order valence-electron chi connectivity index (χ4n) is 3.06. The number of aliphatic hydroxyl groups excluding tert-OH is 2. The molecule has 0 unspecified atom stereocenters. The summed E-state index contributed by atoms with van der Waals surface area (Å²) in [5.74, 6) is -2.05. The molecule has 2 aliphatic rings. The van der Waals surface area contributed by atoms with Crippen LogP contribution in [0.5, 0.6) is 0 Å². The van der Waals surface area contributed by atoms with Gasteiger partial charge in [-0.1, -0.05) is 40.2 Å². The van der Waals surface area contributed by atoms with Crippen LogP contribution >= 0.6 is 15.9 Å². The predicted octanol–water partition coefficient (Wildman–Crippen LogP) is 1.70. The van der Waals surface area contributed by atoms with E-state index >= 15 is 0 Å². The number of hydrogen-bond acceptors (Lipinski definition) is 6. The Hall–Kier alpha value is -0.540. The Morgan fingerprint density at radius 3 is 2.54 bits per heavy atom. The summed E-state index contributed by atoms with van der Waals surface area (Å²) in [6, 6.07) is 7.86. The standard InChI is InChI=1S/C17H23BrO6/c1-16(2)23-10-17(24-16)15(14(20)13(19)9-22-17)21-8-12-6-4-3-5-11(12)7-18/h3-6,13-15,19-20H,7-10H2,1-2H3/t13-,14-,15+,17+/m1/s1. The molecule has 134 valence electrons. The number of aliphatic hydroxyl groups is 2. The Bertz CT molecular complexity index is 580. The van der Waals surface area contributed by atoms with Gasteiger partial charge in [0.15, 0.2) is 5.79 Å². The molecule has 0 bridgehead atoms. The topological polar surface area (TPSA) is 77.4 Å². The Balaban J connectivity index is 1.79. The summed E-state index contributed by atoms with van der Waals surface area (Å²) >= 11 is 3.46. The van der Waals surface area contributed by atoms with E-state index in [4.69, 9.17) is 18.9 Å². The molecular weight excluding hydrogens is 380 g/mol. The van der Waals surface area contributed by atoms with Gasteiger partial charge in [0.2, 0.25) is 5.79 Å². The Morgan fingerprint density at radius 1 is 1.21 bits per heavy atom. The predicted molar refractivity (Wildman–Crippen MR) is 89.5 cm³/mol. The van der Waals surface area contributed by atoms with E-state index in [1.165, 1.54) is 0 Å². The molecule has 2 N–H and O–H groups in total. The third-order valence-electron chi connectivity index (χ3n) is 4.36. The summed E-state index contributed by atoms with van der Waals surface area (Å²) in [6.07, 6.45) is -3.00. The first kappa shape index (κ1) is 18.3. The van der Waals surface area contributed by atoms with Crippen LogP contribution in [0.25, 0.3) is 0 Å². The summed E-state index contributed by atoms with van der Waals surface area (Å²) in [7, 11) is 0. The van der Waals surface area contributed by atoms with Crippen LogP contribution in [-0.2, 0) is 30.9 Å². The summed E-state index contributed by atoms with van der Waals surface area (Å²) in [6.45, 7) is 3.93. The van der Waals surface area contributed by atoms with Crippen LogP contribution in [0.15, 0.2) is 24.3 Å². The zero-order chi connectivity index (χ0) is 17.4. The van der Waals surface area contributed by atoms with E-state index < -0.39 is 29.9 Å². The maximum absolute atomic E-state index is 10.4. The zero-order valence-electron chi connectivity index (χ0n) is 13.8. The first-order valence-corrected chi connectivity index (χ1v) is 9.07. The van der Waals surface area contributed by atoms with Gasteiger partial charge in [-0.05, 0) is 25.0 Å². The van der Waals surface area contributed by atoms with E-state index in [-0.39, 0.29) is 19.8 Å². The highest BCUT2D eigenvalue weighted by molar-refractivity contribution is 9.08. The SMILES string of the molecule is CC1(C)OC[C@]2(OC[C@@H](O)[C@@H](O)[C@@H]2OCc2ccccc2CBr)O1. The van der Waals surface area contributed by atoms with Gasteiger partial charge in [-0.25, -0.2) is 0 Å². The van der Waals surface area contributed by atoms with Gasteiger partial charge in [0.1, 0.15) is 24.9 Å². The third kappa shape index (κ3) is 3.53. The van der Waals surface area contributed by atoms with Crippen molar-refractivity contribution in [2.24, 2.45) is 0 Å². The highest BCUT2D eigenvalue weighted by atomic mass is 79.9. The van der Waals surface area contributed by atoms with Gasteiger partial charge in [-0.15, -0.1) is 0 Å². The largest absolute Gasteiger partial charge is 0.388 e. The molecule has 7 heteroatoms. The van der Waals surface area contributed by atoms with Gasteiger partial charge in [0, 0.05) is 5.33 Å². The van der Waals surface area contributed by atoms with Gasteiger partial charge in [-0.2, -0.15) is 0 Å². The van der Waals surface area contributed by atoms with E-state index in [1.54, 1.807) is 13.8 Å². The molecule has 3 rings (SSSR count). The van der Waals surface area contributed by atoms with Gasteiger partial charge in [-0.3, -0.25) is 0 Å². The van der Waals surface area contributed by atoms with Crippen LogP contribution in [0.4, 0.5) is 0 Å². The lowest BCUT2D eigenvalue weighted by Crippen LogP contribution is -2.63. The van der Waals surface area contributed by atoms with Gasteiger partial charge < -0.3 is 29.2 Å². The van der Waals surface area contributed by atoms with Crippen molar-refractivity contribution in [3.8, 4) is 0 Å². The minimum atomic E-state index is -1.22. The number of benzene rings is 1. The van der Waals surface area contributed by atoms with E-state index in [1.807, 2.05) is 24.3 Å². The van der Waals surface area contributed by atoms with Gasteiger partial charge in [0.25, 0.3) is 0 Å². The minimum absolute atomic E-state index is 0.0293. The molecule has 0 amide bonds. The molecule has 4 atom stereocenters. The van der Waals surface area contributed by atoms with Crippen LogP contribution < -0.4 is 0 Å². The smallest absolute Gasteiger partial charge is 0.224 e. The average Bonchev–Trinajstić information content (AvgIpc) is 2.87. The number of hydrogen-bond donors (Lipinski definition) is 2. The van der Waals surface area contributed by atoms with Crippen molar-refractivity contribution in [2.75, 3.05) is 13.2 Å². The summed E-state index contributed by atoms with van der Waals surface area (Å²) in [5.41, 5.74) is 2.09. The molecule has 0 saturated carbocycles. The molecule has 2 aliphatic heterocycles. The fourth-order valence-corrected chi connectivity index (χ4v) is 3.61. The Kier molecular flexibility index (Phi) is 5.32. The minimum Gasteiger partial charge on any atom is -0.388 e. The molecule has 0 aliphatic carbocycles. The Morgan fingerprint density at radius 2 is 1.92 bits per heavy atom. The molecule has 1 aromatic carbocycles. The van der Waals surface area contributed by atoms with Crippen LogP contribution in [-0.4, -0.2) is 53.3 Å². The van der Waals surface area contributed by atoms with Crippen molar-refractivity contribution in [3.05, 3.63) is 35.4 Å². The van der Waals surface area contributed by atoms with Crippen molar-refractivity contribution in [3.63, 3.8) is 0 Å². The molecule has 6 nitrogen and oxygen atoms in total. The summed E-state index contributed by atoms with van der Waals surface area (Å²) in [4.78, 5) is 0. The van der Waals surface area contributed by atoms with E-state index in [0.717, 1.165) is 11.1 Å². The van der Waals surface area contributed by atoms with E-state index in [9.17, 15) is 10.2 Å². The molecule has 0 radical (unpaired) electrons. The van der Waals surface area contributed by atoms with Crippen LogP contribution in [0.1, 0.15) is 25.0 Å². The molecule has 2 saturated heterocycles. The fraction of sp³-hybridized carbons (Fsp3) is 0.647. The van der Waals surface area contributed by atoms with Crippen molar-refractivity contribution in [1.29, 1.82) is 0 Å². The van der Waals surface area contributed by atoms with Crippen molar-refractivity contribution < 1.29 is 29.2 Å².